The number of rotatable bonds is 7. The molecule has 1 fully saturated rings. The molecule has 1 aliphatic rings. The van der Waals surface area contributed by atoms with E-state index in [-0.39, 0.29) is 0 Å². The van der Waals surface area contributed by atoms with Crippen LogP contribution >= 0.6 is 11.8 Å². The summed E-state index contributed by atoms with van der Waals surface area (Å²) in [6.07, 6.45) is 4.76. The van der Waals surface area contributed by atoms with E-state index in [0.29, 0.717) is 6.04 Å². The maximum absolute atomic E-state index is 4.72. The Labute approximate surface area is 132 Å². The van der Waals surface area contributed by atoms with Crippen molar-refractivity contribution >= 4 is 23.4 Å². The normalized spacial score (nSPS) is 21.5. The molecule has 0 spiro atoms. The lowest BCUT2D eigenvalue weighted by molar-refractivity contribution is 0.756. The number of aryl methyl sites for hydroxylation is 1. The van der Waals surface area contributed by atoms with Crippen LogP contribution in [0.1, 0.15) is 51.4 Å². The molecule has 2 N–H and O–H groups in total. The number of thioether (sulfide) groups is 1. The fourth-order valence-electron chi connectivity index (χ4n) is 2.88. The Morgan fingerprint density at radius 3 is 2.57 bits per heavy atom. The molecule has 1 heterocycles. The summed E-state index contributed by atoms with van der Waals surface area (Å²) in [5.74, 6) is 4.10. The monoisotopic (exact) mass is 308 g/mol. The van der Waals surface area contributed by atoms with Crippen molar-refractivity contribution in [2.24, 2.45) is 0 Å². The van der Waals surface area contributed by atoms with E-state index in [4.69, 9.17) is 4.98 Å². The lowest BCUT2D eigenvalue weighted by Crippen LogP contribution is -2.27. The van der Waals surface area contributed by atoms with Crippen molar-refractivity contribution in [3.63, 3.8) is 0 Å². The van der Waals surface area contributed by atoms with E-state index >= 15 is 0 Å². The maximum Gasteiger partial charge on any atom is 0.135 e. The van der Waals surface area contributed by atoms with Crippen molar-refractivity contribution < 1.29 is 0 Å². The predicted molar refractivity (Wildman–Crippen MR) is 93.5 cm³/mol. The minimum absolute atomic E-state index is 0.544. The highest BCUT2D eigenvalue weighted by Gasteiger charge is 2.28. The molecule has 0 saturated heterocycles. The van der Waals surface area contributed by atoms with E-state index in [0.717, 1.165) is 41.2 Å². The average Bonchev–Trinajstić information content (AvgIpc) is 2.91. The van der Waals surface area contributed by atoms with Gasteiger partial charge in [-0.05, 0) is 32.4 Å². The molecule has 1 aromatic rings. The summed E-state index contributed by atoms with van der Waals surface area (Å²) < 4.78 is 0. The van der Waals surface area contributed by atoms with Crippen molar-refractivity contribution in [2.75, 3.05) is 22.9 Å². The average molecular weight is 308 g/mol. The van der Waals surface area contributed by atoms with Crippen LogP contribution in [0.4, 0.5) is 11.6 Å². The van der Waals surface area contributed by atoms with Crippen LogP contribution in [0.25, 0.3) is 0 Å². The van der Waals surface area contributed by atoms with Gasteiger partial charge in [-0.15, -0.1) is 0 Å². The third-order valence-electron chi connectivity index (χ3n) is 4.01. The minimum Gasteiger partial charge on any atom is -0.370 e. The van der Waals surface area contributed by atoms with Gasteiger partial charge in [0, 0.05) is 29.8 Å². The second kappa shape index (κ2) is 7.87. The van der Waals surface area contributed by atoms with E-state index in [1.54, 1.807) is 0 Å². The molecule has 0 bridgehead atoms. The topological polar surface area (TPSA) is 49.8 Å². The predicted octanol–water partition coefficient (Wildman–Crippen LogP) is 3.87. The quantitative estimate of drug-likeness (QED) is 0.801. The first-order valence-corrected chi connectivity index (χ1v) is 9.23. The molecule has 2 unspecified atom stereocenters. The number of hydrogen-bond acceptors (Lipinski definition) is 5. The largest absolute Gasteiger partial charge is 0.370 e. The van der Waals surface area contributed by atoms with Crippen LogP contribution in [-0.2, 0) is 6.42 Å². The van der Waals surface area contributed by atoms with Crippen molar-refractivity contribution in [3.8, 4) is 0 Å². The van der Waals surface area contributed by atoms with Crippen molar-refractivity contribution in [3.05, 3.63) is 11.4 Å². The van der Waals surface area contributed by atoms with Crippen LogP contribution in [0, 0.1) is 6.92 Å². The first kappa shape index (κ1) is 16.4. The van der Waals surface area contributed by atoms with Crippen LogP contribution in [0.5, 0.6) is 0 Å². The molecule has 5 heteroatoms. The van der Waals surface area contributed by atoms with Gasteiger partial charge < -0.3 is 10.6 Å². The summed E-state index contributed by atoms with van der Waals surface area (Å²) in [6.45, 7) is 9.45. The van der Waals surface area contributed by atoms with Gasteiger partial charge in [0.1, 0.15) is 17.5 Å². The lowest BCUT2D eigenvalue weighted by atomic mass is 10.2. The van der Waals surface area contributed by atoms with E-state index in [1.165, 1.54) is 25.0 Å². The van der Waals surface area contributed by atoms with Gasteiger partial charge in [0.2, 0.25) is 0 Å². The van der Waals surface area contributed by atoms with Gasteiger partial charge in [0.25, 0.3) is 0 Å². The Kier molecular flexibility index (Phi) is 6.15. The summed E-state index contributed by atoms with van der Waals surface area (Å²) in [5, 5.41) is 7.78. The van der Waals surface area contributed by atoms with E-state index in [1.807, 2.05) is 0 Å². The standard InChI is InChI=1S/C16H28N4S/c1-5-14-19-15(17-6-2)11(4)16(20-14)18-12-9-8-10-13(12)21-7-3/h12-13H,5-10H2,1-4H3,(H2,17,18,19,20). The van der Waals surface area contributed by atoms with Crippen LogP contribution in [0.3, 0.4) is 0 Å². The Balaban J connectivity index is 2.20. The zero-order valence-electron chi connectivity index (χ0n) is 13.7. The molecule has 0 aromatic carbocycles. The number of hydrogen-bond donors (Lipinski definition) is 2. The molecule has 1 saturated carbocycles. The first-order chi connectivity index (χ1) is 10.2. The molecular weight excluding hydrogens is 280 g/mol. The van der Waals surface area contributed by atoms with Crippen molar-refractivity contribution in [1.29, 1.82) is 0 Å². The van der Waals surface area contributed by atoms with Gasteiger partial charge in [-0.3, -0.25) is 0 Å². The first-order valence-electron chi connectivity index (χ1n) is 8.19. The highest BCUT2D eigenvalue weighted by molar-refractivity contribution is 7.99. The summed E-state index contributed by atoms with van der Waals surface area (Å²) in [4.78, 5) is 9.32. The second-order valence-corrected chi connectivity index (χ2v) is 7.04. The van der Waals surface area contributed by atoms with Gasteiger partial charge in [0.05, 0.1) is 0 Å². The van der Waals surface area contributed by atoms with Gasteiger partial charge in [-0.1, -0.05) is 20.3 Å². The van der Waals surface area contributed by atoms with Gasteiger partial charge >= 0.3 is 0 Å². The van der Waals surface area contributed by atoms with E-state index < -0.39 is 0 Å². The molecule has 21 heavy (non-hydrogen) atoms. The fourth-order valence-corrected chi connectivity index (χ4v) is 4.08. The molecule has 0 aliphatic heterocycles. The van der Waals surface area contributed by atoms with Crippen LogP contribution in [-0.4, -0.2) is 33.6 Å². The maximum atomic E-state index is 4.72. The van der Waals surface area contributed by atoms with Gasteiger partial charge in [-0.2, -0.15) is 11.8 Å². The number of nitrogens with zero attached hydrogens (tertiary/aromatic N) is 2. The van der Waals surface area contributed by atoms with Crippen molar-refractivity contribution in [2.45, 2.75) is 64.7 Å². The molecule has 2 atom stereocenters. The Hall–Kier alpha value is -0.970. The van der Waals surface area contributed by atoms with Crippen LogP contribution in [0.2, 0.25) is 0 Å². The number of aromatic nitrogens is 2. The molecular formula is C16H28N4S. The van der Waals surface area contributed by atoms with Gasteiger partial charge in [0.15, 0.2) is 0 Å². The lowest BCUT2D eigenvalue weighted by Gasteiger charge is -2.23. The van der Waals surface area contributed by atoms with E-state index in [9.17, 15) is 0 Å². The number of nitrogens with one attached hydrogen (secondary N) is 2. The summed E-state index contributed by atoms with van der Waals surface area (Å²) in [5.41, 5.74) is 1.14. The highest BCUT2D eigenvalue weighted by atomic mass is 32.2. The van der Waals surface area contributed by atoms with Gasteiger partial charge in [-0.25, -0.2) is 9.97 Å². The molecule has 118 valence electrons. The molecule has 4 nitrogen and oxygen atoms in total. The molecule has 0 radical (unpaired) electrons. The van der Waals surface area contributed by atoms with Crippen LogP contribution in [0.15, 0.2) is 0 Å². The Bertz CT molecular complexity index is 464. The summed E-state index contributed by atoms with van der Waals surface area (Å²) >= 11 is 2.07. The number of anilines is 2. The molecule has 2 rings (SSSR count). The highest BCUT2D eigenvalue weighted by Crippen LogP contribution is 2.33. The zero-order valence-corrected chi connectivity index (χ0v) is 14.5. The fraction of sp³-hybridized carbons (Fsp3) is 0.750. The van der Waals surface area contributed by atoms with E-state index in [2.05, 4.69) is 55.1 Å². The third kappa shape index (κ3) is 4.02. The zero-order chi connectivity index (χ0) is 15.2. The second-order valence-electron chi connectivity index (χ2n) is 5.52. The Morgan fingerprint density at radius 1 is 1.14 bits per heavy atom. The smallest absolute Gasteiger partial charge is 0.135 e. The molecule has 0 amide bonds. The molecule has 1 aliphatic carbocycles. The SMILES string of the molecule is CCNc1nc(CC)nc(NC2CCCC2SCC)c1C. The summed E-state index contributed by atoms with van der Waals surface area (Å²) in [7, 11) is 0. The minimum atomic E-state index is 0.544. The molecule has 1 aromatic heterocycles. The van der Waals surface area contributed by atoms with Crippen LogP contribution < -0.4 is 10.6 Å². The summed E-state index contributed by atoms with van der Waals surface area (Å²) in [6, 6.07) is 0.544. The van der Waals surface area contributed by atoms with Crippen molar-refractivity contribution in [1.82, 2.24) is 9.97 Å². The Morgan fingerprint density at radius 2 is 1.90 bits per heavy atom. The third-order valence-corrected chi connectivity index (χ3v) is 5.33.